The third-order valence-electron chi connectivity index (χ3n) is 0.831. The van der Waals surface area contributed by atoms with Gasteiger partial charge in [0.2, 0.25) is 5.22 Å². The molecule has 0 aliphatic heterocycles. The normalized spacial score (nSPS) is 16.9. The van der Waals surface area contributed by atoms with E-state index in [1.54, 1.807) is 0 Å². The summed E-state index contributed by atoms with van der Waals surface area (Å²) in [6.45, 7) is 1.85. The highest BCUT2D eigenvalue weighted by Gasteiger charge is 2.09. The molecule has 0 aromatic heterocycles. The van der Waals surface area contributed by atoms with Gasteiger partial charge in [0.15, 0.2) is 0 Å². The van der Waals surface area contributed by atoms with Crippen molar-refractivity contribution in [1.29, 1.82) is 0 Å². The Balaban J connectivity index is 4.02. The molecule has 0 fully saturated rings. The van der Waals surface area contributed by atoms with Crippen molar-refractivity contribution in [2.75, 3.05) is 0 Å². The Morgan fingerprint density at radius 2 is 2.00 bits per heavy atom. The van der Waals surface area contributed by atoms with Gasteiger partial charge in [-0.3, -0.25) is 0 Å². The van der Waals surface area contributed by atoms with Crippen LogP contribution in [0.15, 0.2) is 10.3 Å². The minimum Gasteiger partial charge on any atom is -0.498 e. The summed E-state index contributed by atoms with van der Waals surface area (Å²) in [5.41, 5.74) is 0. The van der Waals surface area contributed by atoms with Gasteiger partial charge in [-0.15, -0.1) is 11.6 Å². The molecule has 0 radical (unpaired) electrons. The van der Waals surface area contributed by atoms with Crippen LogP contribution in [0.5, 0.6) is 0 Å². The van der Waals surface area contributed by atoms with E-state index >= 15 is 0 Å². The Labute approximate surface area is 69.2 Å². The van der Waals surface area contributed by atoms with Crippen LogP contribution in [0.25, 0.3) is 0 Å². The predicted molar refractivity (Wildman–Crippen MR) is 41.3 cm³/mol. The van der Waals surface area contributed by atoms with Gasteiger partial charge in [-0.25, -0.2) is 0 Å². The second-order valence-electron chi connectivity index (χ2n) is 1.51. The molecule has 0 saturated carbocycles. The number of allylic oxidation sites excluding steroid dienone is 1. The molecule has 1 N–H and O–H groups in total. The number of rotatable bonds is 2. The fraction of sp³-hybridized carbons (Fsp3) is 0.600. The van der Waals surface area contributed by atoms with E-state index in [4.69, 9.17) is 39.9 Å². The van der Waals surface area contributed by atoms with E-state index in [9.17, 15) is 0 Å². The Kier molecular flexibility index (Phi) is 4.46. The van der Waals surface area contributed by atoms with E-state index in [1.807, 2.05) is 6.92 Å². The maximum Gasteiger partial charge on any atom is 0.200 e. The average Bonchev–Trinajstić information content (AvgIpc) is 1.84. The predicted octanol–water partition coefficient (Wildman–Crippen LogP) is 3.21. The van der Waals surface area contributed by atoms with Crippen LogP contribution in [-0.4, -0.2) is 10.5 Å². The number of halogens is 3. The summed E-state index contributed by atoms with van der Waals surface area (Å²) in [6.07, 6.45) is 0.650. The molecule has 0 heterocycles. The van der Waals surface area contributed by atoms with Crippen LogP contribution in [0.3, 0.4) is 0 Å². The van der Waals surface area contributed by atoms with E-state index in [-0.39, 0.29) is 10.4 Å². The molecule has 0 bridgehead atoms. The lowest BCUT2D eigenvalue weighted by atomic mass is 10.3. The summed E-state index contributed by atoms with van der Waals surface area (Å²) in [6, 6.07) is 0. The van der Waals surface area contributed by atoms with E-state index < -0.39 is 5.22 Å². The van der Waals surface area contributed by atoms with Gasteiger partial charge in [0.25, 0.3) is 0 Å². The fourth-order valence-corrected chi connectivity index (χ4v) is 0.754. The van der Waals surface area contributed by atoms with Crippen molar-refractivity contribution < 1.29 is 5.11 Å². The Bertz CT molecular complexity index is 117. The SMILES string of the molecule is CCC(Cl)C(Cl)=C(O)Cl. The molecule has 1 nitrogen and oxygen atoms in total. The molecule has 0 rings (SSSR count). The molecule has 54 valence electrons. The summed E-state index contributed by atoms with van der Waals surface area (Å²) < 4.78 is 0. The van der Waals surface area contributed by atoms with Crippen molar-refractivity contribution in [3.05, 3.63) is 10.3 Å². The van der Waals surface area contributed by atoms with Gasteiger partial charge < -0.3 is 5.11 Å². The molecular formula is C5H7Cl3O. The fourth-order valence-electron chi connectivity index (χ4n) is 0.308. The summed E-state index contributed by atoms with van der Waals surface area (Å²) in [7, 11) is 0. The van der Waals surface area contributed by atoms with Crippen molar-refractivity contribution in [3.8, 4) is 0 Å². The van der Waals surface area contributed by atoms with E-state index in [1.165, 1.54) is 0 Å². The van der Waals surface area contributed by atoms with Crippen LogP contribution < -0.4 is 0 Å². The minimum absolute atomic E-state index is 0.112. The Morgan fingerprint density at radius 3 is 2.11 bits per heavy atom. The zero-order valence-corrected chi connectivity index (χ0v) is 7.13. The molecule has 0 saturated heterocycles. The lowest BCUT2D eigenvalue weighted by Gasteiger charge is -2.02. The van der Waals surface area contributed by atoms with Gasteiger partial charge in [0.05, 0.1) is 10.4 Å². The number of alkyl halides is 1. The van der Waals surface area contributed by atoms with Gasteiger partial charge in [-0.1, -0.05) is 18.5 Å². The topological polar surface area (TPSA) is 20.2 Å². The van der Waals surface area contributed by atoms with Crippen molar-refractivity contribution >= 4 is 34.8 Å². The number of hydrogen-bond donors (Lipinski definition) is 1. The molecule has 0 aliphatic carbocycles. The van der Waals surface area contributed by atoms with Crippen LogP contribution >= 0.6 is 34.8 Å². The minimum atomic E-state index is -0.418. The molecule has 9 heavy (non-hydrogen) atoms. The van der Waals surface area contributed by atoms with Crippen molar-refractivity contribution in [2.45, 2.75) is 18.7 Å². The quantitative estimate of drug-likeness (QED) is 0.522. The zero-order chi connectivity index (χ0) is 7.44. The van der Waals surface area contributed by atoms with Crippen molar-refractivity contribution in [2.24, 2.45) is 0 Å². The zero-order valence-electron chi connectivity index (χ0n) is 4.87. The third-order valence-corrected chi connectivity index (χ3v) is 2.21. The second kappa shape index (κ2) is 4.26. The third kappa shape index (κ3) is 3.19. The Hall–Kier alpha value is 0.410. The smallest absolute Gasteiger partial charge is 0.200 e. The highest BCUT2D eigenvalue weighted by atomic mass is 35.5. The van der Waals surface area contributed by atoms with Crippen LogP contribution in [0.2, 0.25) is 0 Å². The number of aliphatic hydroxyl groups is 1. The molecule has 0 aromatic rings. The maximum absolute atomic E-state index is 8.55. The largest absolute Gasteiger partial charge is 0.498 e. The monoisotopic (exact) mass is 188 g/mol. The maximum atomic E-state index is 8.55. The molecule has 4 heteroatoms. The van der Waals surface area contributed by atoms with Gasteiger partial charge in [-0.05, 0) is 18.0 Å². The van der Waals surface area contributed by atoms with Gasteiger partial charge >= 0.3 is 0 Å². The van der Waals surface area contributed by atoms with Gasteiger partial charge in [-0.2, -0.15) is 0 Å². The Morgan fingerprint density at radius 1 is 1.56 bits per heavy atom. The van der Waals surface area contributed by atoms with Gasteiger partial charge in [0, 0.05) is 0 Å². The second-order valence-corrected chi connectivity index (χ2v) is 2.81. The first-order valence-electron chi connectivity index (χ1n) is 2.47. The molecule has 0 aromatic carbocycles. The first-order chi connectivity index (χ1) is 4.09. The first-order valence-corrected chi connectivity index (χ1v) is 3.67. The molecular weight excluding hydrogens is 182 g/mol. The summed E-state index contributed by atoms with van der Waals surface area (Å²) in [5.74, 6) is 0. The lowest BCUT2D eigenvalue weighted by Crippen LogP contribution is -1.96. The van der Waals surface area contributed by atoms with Crippen LogP contribution in [0.4, 0.5) is 0 Å². The number of hydrogen-bond acceptors (Lipinski definition) is 1. The van der Waals surface area contributed by atoms with Crippen molar-refractivity contribution in [1.82, 2.24) is 0 Å². The standard InChI is InChI=1S/C5H7Cl3O/c1-2-3(6)4(7)5(8)9/h3,9H,2H2,1H3. The highest BCUT2D eigenvalue weighted by molar-refractivity contribution is 6.42. The molecule has 1 unspecified atom stereocenters. The summed E-state index contributed by atoms with van der Waals surface area (Å²) in [4.78, 5) is 0. The van der Waals surface area contributed by atoms with Gasteiger partial charge in [0.1, 0.15) is 0 Å². The van der Waals surface area contributed by atoms with E-state index in [0.717, 1.165) is 0 Å². The number of aliphatic hydroxyl groups excluding tert-OH is 1. The lowest BCUT2D eigenvalue weighted by molar-refractivity contribution is 0.447. The summed E-state index contributed by atoms with van der Waals surface area (Å²) in [5, 5.41) is 7.87. The van der Waals surface area contributed by atoms with Crippen molar-refractivity contribution in [3.63, 3.8) is 0 Å². The molecule has 1 atom stereocenters. The molecule has 0 spiro atoms. The van der Waals surface area contributed by atoms with Crippen LogP contribution in [0, 0.1) is 0 Å². The van der Waals surface area contributed by atoms with Crippen LogP contribution in [-0.2, 0) is 0 Å². The average molecular weight is 189 g/mol. The highest BCUT2D eigenvalue weighted by Crippen LogP contribution is 2.21. The molecule has 0 amide bonds. The first kappa shape index (κ1) is 9.41. The van der Waals surface area contributed by atoms with Crippen LogP contribution in [0.1, 0.15) is 13.3 Å². The van der Waals surface area contributed by atoms with E-state index in [2.05, 4.69) is 0 Å². The summed E-state index contributed by atoms with van der Waals surface area (Å²) >= 11 is 16.1. The van der Waals surface area contributed by atoms with E-state index in [0.29, 0.717) is 6.42 Å². The molecule has 0 aliphatic rings.